The molecule has 0 heterocycles. The predicted molar refractivity (Wildman–Crippen MR) is 57.3 cm³/mol. The lowest BCUT2D eigenvalue weighted by atomic mass is 9.93. The zero-order valence-electron chi connectivity index (χ0n) is 8.46. The third kappa shape index (κ3) is 3.61. The number of benzene rings is 1. The van der Waals surface area contributed by atoms with Crippen molar-refractivity contribution >= 4 is 13.3 Å². The Kier molecular flexibility index (Phi) is 5.52. The van der Waals surface area contributed by atoms with Crippen LogP contribution in [0.1, 0.15) is 39.2 Å². The van der Waals surface area contributed by atoms with Gasteiger partial charge in [0.25, 0.3) is 0 Å². The van der Waals surface area contributed by atoms with E-state index in [-0.39, 0.29) is 0 Å². The highest BCUT2D eigenvalue weighted by Crippen LogP contribution is 2.10. The van der Waals surface area contributed by atoms with Crippen molar-refractivity contribution in [3.8, 4) is 0 Å². The van der Waals surface area contributed by atoms with E-state index in [4.69, 9.17) is 7.85 Å². The summed E-state index contributed by atoms with van der Waals surface area (Å²) in [5, 5.41) is 0. The first-order valence-corrected chi connectivity index (χ1v) is 4.55. The van der Waals surface area contributed by atoms with Crippen molar-refractivity contribution in [1.29, 1.82) is 0 Å². The molecule has 0 N–H and O–H groups in total. The summed E-state index contributed by atoms with van der Waals surface area (Å²) in [7, 11) is 5.53. The van der Waals surface area contributed by atoms with Gasteiger partial charge >= 0.3 is 0 Å². The summed E-state index contributed by atoms with van der Waals surface area (Å²) in [4.78, 5) is 0. The van der Waals surface area contributed by atoms with E-state index in [0.717, 1.165) is 5.46 Å². The summed E-state index contributed by atoms with van der Waals surface area (Å²) in [6.45, 7) is 8.34. The molecule has 1 aromatic rings. The van der Waals surface area contributed by atoms with Gasteiger partial charge in [-0.15, -0.1) is 0 Å². The van der Waals surface area contributed by atoms with Crippen molar-refractivity contribution in [2.24, 2.45) is 0 Å². The van der Waals surface area contributed by atoms with Crippen LogP contribution in [-0.2, 0) is 0 Å². The Labute approximate surface area is 77.4 Å². The van der Waals surface area contributed by atoms with Crippen molar-refractivity contribution in [3.63, 3.8) is 0 Å². The molecule has 0 bridgehead atoms. The van der Waals surface area contributed by atoms with Crippen LogP contribution in [0.5, 0.6) is 0 Å². The standard InChI is InChI=1S/C9H11B.C2H6/c1-7(2)8-3-5-9(10)6-4-8;1-2/h3-7H,1-2H3;1-2H3. The van der Waals surface area contributed by atoms with Gasteiger partial charge in [0.1, 0.15) is 7.85 Å². The molecule has 0 nitrogen and oxygen atoms in total. The average molecular weight is 160 g/mol. The molecular weight excluding hydrogens is 143 g/mol. The minimum absolute atomic E-state index is 0.598. The summed E-state index contributed by atoms with van der Waals surface area (Å²) >= 11 is 0. The molecule has 0 unspecified atom stereocenters. The Hall–Kier alpha value is -0.715. The van der Waals surface area contributed by atoms with Gasteiger partial charge < -0.3 is 0 Å². The van der Waals surface area contributed by atoms with Gasteiger partial charge in [0.15, 0.2) is 0 Å². The Morgan fingerprint density at radius 3 is 1.75 bits per heavy atom. The van der Waals surface area contributed by atoms with E-state index >= 15 is 0 Å². The maximum Gasteiger partial charge on any atom is 0.113 e. The van der Waals surface area contributed by atoms with Crippen LogP contribution >= 0.6 is 0 Å². The lowest BCUT2D eigenvalue weighted by Crippen LogP contribution is -2.00. The van der Waals surface area contributed by atoms with Crippen molar-refractivity contribution in [3.05, 3.63) is 29.8 Å². The van der Waals surface area contributed by atoms with Gasteiger partial charge in [-0.05, 0) is 11.5 Å². The maximum atomic E-state index is 5.53. The monoisotopic (exact) mass is 160 g/mol. The quantitative estimate of drug-likeness (QED) is 0.554. The van der Waals surface area contributed by atoms with E-state index in [0.29, 0.717) is 5.92 Å². The zero-order chi connectivity index (χ0) is 9.56. The highest BCUT2D eigenvalue weighted by Gasteiger charge is 1.95. The Balaban J connectivity index is 0.000000561. The summed E-state index contributed by atoms with van der Waals surface area (Å²) in [6.07, 6.45) is 0. The van der Waals surface area contributed by atoms with E-state index in [1.165, 1.54) is 5.56 Å². The molecule has 12 heavy (non-hydrogen) atoms. The van der Waals surface area contributed by atoms with Gasteiger partial charge in [0.05, 0.1) is 0 Å². The van der Waals surface area contributed by atoms with Crippen LogP contribution < -0.4 is 5.46 Å². The second kappa shape index (κ2) is 5.88. The number of rotatable bonds is 1. The van der Waals surface area contributed by atoms with Crippen LogP contribution in [-0.4, -0.2) is 7.85 Å². The summed E-state index contributed by atoms with van der Waals surface area (Å²) in [6, 6.07) is 8.02. The van der Waals surface area contributed by atoms with Gasteiger partial charge in [-0.2, -0.15) is 0 Å². The van der Waals surface area contributed by atoms with Crippen LogP contribution in [0.25, 0.3) is 0 Å². The lowest BCUT2D eigenvalue weighted by Gasteiger charge is -2.03. The van der Waals surface area contributed by atoms with E-state index in [1.54, 1.807) is 0 Å². The van der Waals surface area contributed by atoms with Crippen molar-refractivity contribution in [1.82, 2.24) is 0 Å². The van der Waals surface area contributed by atoms with Gasteiger partial charge in [-0.25, -0.2) is 0 Å². The minimum atomic E-state index is 0.598. The SMILES string of the molecule is CC.[B]c1ccc(C(C)C)cc1. The fourth-order valence-corrected chi connectivity index (χ4v) is 0.881. The highest BCUT2D eigenvalue weighted by atomic mass is 14.0. The molecule has 0 amide bonds. The van der Waals surface area contributed by atoms with Crippen LogP contribution in [0.4, 0.5) is 0 Å². The first-order valence-electron chi connectivity index (χ1n) is 4.55. The number of hydrogen-bond donors (Lipinski definition) is 0. The van der Waals surface area contributed by atoms with Crippen molar-refractivity contribution < 1.29 is 0 Å². The Morgan fingerprint density at radius 1 is 1.00 bits per heavy atom. The summed E-state index contributed by atoms with van der Waals surface area (Å²) < 4.78 is 0. The van der Waals surface area contributed by atoms with Crippen LogP contribution in [0.15, 0.2) is 24.3 Å². The molecule has 0 aliphatic rings. The largest absolute Gasteiger partial charge is 0.113 e. The van der Waals surface area contributed by atoms with E-state index < -0.39 is 0 Å². The molecule has 1 heteroatoms. The van der Waals surface area contributed by atoms with Crippen molar-refractivity contribution in [2.75, 3.05) is 0 Å². The van der Waals surface area contributed by atoms with Crippen molar-refractivity contribution in [2.45, 2.75) is 33.6 Å². The second-order valence-electron chi connectivity index (χ2n) is 2.82. The van der Waals surface area contributed by atoms with E-state index in [2.05, 4.69) is 26.0 Å². The molecule has 0 atom stereocenters. The normalized spacial score (nSPS) is 9.08. The molecular formula is C11H17B. The van der Waals surface area contributed by atoms with E-state index in [9.17, 15) is 0 Å². The fourth-order valence-electron chi connectivity index (χ4n) is 0.881. The Morgan fingerprint density at radius 2 is 1.42 bits per heavy atom. The van der Waals surface area contributed by atoms with Gasteiger partial charge in [-0.3, -0.25) is 0 Å². The van der Waals surface area contributed by atoms with Crippen LogP contribution in [0.2, 0.25) is 0 Å². The maximum absolute atomic E-state index is 5.53. The Bertz CT molecular complexity index is 199. The third-order valence-electron chi connectivity index (χ3n) is 1.60. The molecule has 0 fully saturated rings. The fraction of sp³-hybridized carbons (Fsp3) is 0.455. The average Bonchev–Trinajstić information content (AvgIpc) is 2.09. The zero-order valence-corrected chi connectivity index (χ0v) is 8.46. The van der Waals surface area contributed by atoms with Gasteiger partial charge in [0.2, 0.25) is 0 Å². The molecule has 1 aromatic carbocycles. The molecule has 0 aliphatic carbocycles. The van der Waals surface area contributed by atoms with Crippen LogP contribution in [0.3, 0.4) is 0 Å². The van der Waals surface area contributed by atoms with Gasteiger partial charge in [0, 0.05) is 0 Å². The first kappa shape index (κ1) is 11.3. The molecule has 0 aromatic heterocycles. The first-order chi connectivity index (χ1) is 5.70. The highest BCUT2D eigenvalue weighted by molar-refractivity contribution is 6.32. The molecule has 64 valence electrons. The van der Waals surface area contributed by atoms with Crippen LogP contribution in [0, 0.1) is 0 Å². The molecule has 0 aliphatic heterocycles. The molecule has 2 radical (unpaired) electrons. The van der Waals surface area contributed by atoms with Gasteiger partial charge in [-0.1, -0.05) is 57.4 Å². The predicted octanol–water partition coefficient (Wildman–Crippen LogP) is 2.63. The summed E-state index contributed by atoms with van der Waals surface area (Å²) in [5.41, 5.74) is 2.18. The number of hydrogen-bond acceptors (Lipinski definition) is 0. The second-order valence-corrected chi connectivity index (χ2v) is 2.82. The molecule has 0 saturated carbocycles. The van der Waals surface area contributed by atoms with E-state index in [1.807, 2.05) is 26.0 Å². The molecule has 0 saturated heterocycles. The lowest BCUT2D eigenvalue weighted by molar-refractivity contribution is 0.867. The molecule has 1 rings (SSSR count). The molecule has 0 spiro atoms. The topological polar surface area (TPSA) is 0 Å². The minimum Gasteiger partial charge on any atom is -0.0967 e. The third-order valence-corrected chi connectivity index (χ3v) is 1.60. The smallest absolute Gasteiger partial charge is 0.0967 e. The summed E-state index contributed by atoms with van der Waals surface area (Å²) in [5.74, 6) is 0.598.